The molecule has 0 saturated carbocycles. The summed E-state index contributed by atoms with van der Waals surface area (Å²) < 4.78 is 0. The van der Waals surface area contributed by atoms with Gasteiger partial charge in [-0.2, -0.15) is 0 Å². The summed E-state index contributed by atoms with van der Waals surface area (Å²) in [5, 5.41) is 4.05. The van der Waals surface area contributed by atoms with Gasteiger partial charge in [-0.3, -0.25) is 0 Å². The summed E-state index contributed by atoms with van der Waals surface area (Å²) in [5.41, 5.74) is 7.61. The molecule has 5 heteroatoms. The number of anilines is 1. The molecule has 0 spiro atoms. The maximum Gasteiger partial charge on any atom is 0.106 e. The Hall–Kier alpha value is -0.840. The molecule has 0 aromatic heterocycles. The molecule has 0 aliphatic heterocycles. The SMILES string of the molecule is CN(C)CC(C)(C)CNc1ccc(Cl)cc1C(N)=S. The number of thiocarbonyl (C=S) groups is 1. The highest BCUT2D eigenvalue weighted by atomic mass is 35.5. The summed E-state index contributed by atoms with van der Waals surface area (Å²) in [6.45, 7) is 6.27. The van der Waals surface area contributed by atoms with Crippen molar-refractivity contribution in [3.63, 3.8) is 0 Å². The second kappa shape index (κ2) is 6.55. The first-order valence-corrected chi connectivity index (χ1v) is 6.98. The number of hydrogen-bond donors (Lipinski definition) is 2. The predicted octanol–water partition coefficient (Wildman–Crippen LogP) is 2.97. The van der Waals surface area contributed by atoms with Crippen molar-refractivity contribution in [2.75, 3.05) is 32.5 Å². The predicted molar refractivity (Wildman–Crippen MR) is 88.2 cm³/mol. The Labute approximate surface area is 126 Å². The quantitative estimate of drug-likeness (QED) is 0.793. The van der Waals surface area contributed by atoms with E-state index >= 15 is 0 Å². The van der Waals surface area contributed by atoms with Crippen molar-refractivity contribution in [3.05, 3.63) is 28.8 Å². The second-order valence-corrected chi connectivity index (χ2v) is 6.69. The molecule has 0 atom stereocenters. The molecule has 106 valence electrons. The van der Waals surface area contributed by atoms with E-state index in [0.717, 1.165) is 24.3 Å². The molecule has 0 amide bonds. The van der Waals surface area contributed by atoms with E-state index < -0.39 is 0 Å². The Kier molecular flexibility index (Phi) is 5.59. The van der Waals surface area contributed by atoms with E-state index in [1.165, 1.54) is 0 Å². The molecule has 0 saturated heterocycles. The Bertz CT molecular complexity index is 458. The van der Waals surface area contributed by atoms with Crippen LogP contribution < -0.4 is 11.1 Å². The van der Waals surface area contributed by atoms with Gasteiger partial charge in [0, 0.05) is 29.4 Å². The summed E-state index contributed by atoms with van der Waals surface area (Å²) >= 11 is 11.0. The molecule has 1 rings (SSSR count). The van der Waals surface area contributed by atoms with Gasteiger partial charge in [0.15, 0.2) is 0 Å². The lowest BCUT2D eigenvalue weighted by Crippen LogP contribution is -2.34. The normalized spacial score (nSPS) is 11.7. The highest BCUT2D eigenvalue weighted by Crippen LogP contribution is 2.23. The molecule has 0 aliphatic carbocycles. The van der Waals surface area contributed by atoms with Crippen molar-refractivity contribution < 1.29 is 0 Å². The first kappa shape index (κ1) is 16.2. The van der Waals surface area contributed by atoms with Crippen LogP contribution in [-0.2, 0) is 0 Å². The van der Waals surface area contributed by atoms with E-state index in [9.17, 15) is 0 Å². The van der Waals surface area contributed by atoms with Crippen molar-refractivity contribution in [1.29, 1.82) is 0 Å². The van der Waals surface area contributed by atoms with Gasteiger partial charge in [-0.25, -0.2) is 0 Å². The van der Waals surface area contributed by atoms with Gasteiger partial charge in [-0.1, -0.05) is 37.7 Å². The van der Waals surface area contributed by atoms with Crippen molar-refractivity contribution in [2.24, 2.45) is 11.1 Å². The number of rotatable bonds is 6. The minimum absolute atomic E-state index is 0.149. The number of nitrogens with zero attached hydrogens (tertiary/aromatic N) is 1. The maximum atomic E-state index is 5.97. The van der Waals surface area contributed by atoms with Gasteiger partial charge in [-0.05, 0) is 37.7 Å². The molecule has 3 nitrogen and oxygen atoms in total. The van der Waals surface area contributed by atoms with Crippen LogP contribution in [-0.4, -0.2) is 37.1 Å². The van der Waals surface area contributed by atoms with Gasteiger partial charge >= 0.3 is 0 Å². The third-order valence-corrected chi connectivity index (χ3v) is 3.20. The monoisotopic (exact) mass is 299 g/mol. The lowest BCUT2D eigenvalue weighted by atomic mass is 9.92. The Morgan fingerprint density at radius 1 is 1.42 bits per heavy atom. The minimum atomic E-state index is 0.149. The van der Waals surface area contributed by atoms with Crippen molar-refractivity contribution >= 4 is 34.5 Å². The molecule has 0 heterocycles. The third-order valence-electron chi connectivity index (χ3n) is 2.75. The Balaban J connectivity index is 2.80. The van der Waals surface area contributed by atoms with Gasteiger partial charge in [0.2, 0.25) is 0 Å². The summed E-state index contributed by atoms with van der Waals surface area (Å²) in [6.07, 6.45) is 0. The van der Waals surface area contributed by atoms with Crippen LogP contribution in [0.25, 0.3) is 0 Å². The van der Waals surface area contributed by atoms with Gasteiger partial charge in [0.1, 0.15) is 4.99 Å². The zero-order valence-corrected chi connectivity index (χ0v) is 13.5. The molecular weight excluding hydrogens is 278 g/mol. The molecule has 0 aliphatic rings. The van der Waals surface area contributed by atoms with E-state index in [0.29, 0.717) is 10.0 Å². The minimum Gasteiger partial charge on any atom is -0.389 e. The zero-order chi connectivity index (χ0) is 14.6. The summed E-state index contributed by atoms with van der Waals surface area (Å²) in [5.74, 6) is 0. The molecule has 0 radical (unpaired) electrons. The smallest absolute Gasteiger partial charge is 0.106 e. The van der Waals surface area contributed by atoms with Crippen LogP contribution in [0.3, 0.4) is 0 Å². The number of halogens is 1. The average Bonchev–Trinajstić information content (AvgIpc) is 2.25. The number of nitrogens with two attached hydrogens (primary N) is 1. The lowest BCUT2D eigenvalue weighted by Gasteiger charge is -2.29. The summed E-state index contributed by atoms with van der Waals surface area (Å²) in [4.78, 5) is 2.54. The van der Waals surface area contributed by atoms with Crippen LogP contribution in [0.4, 0.5) is 5.69 Å². The van der Waals surface area contributed by atoms with Gasteiger partial charge < -0.3 is 16.0 Å². The molecule has 0 fully saturated rings. The summed E-state index contributed by atoms with van der Waals surface area (Å²) in [6, 6.07) is 5.55. The second-order valence-electron chi connectivity index (χ2n) is 5.81. The Morgan fingerprint density at radius 3 is 2.58 bits per heavy atom. The van der Waals surface area contributed by atoms with E-state index in [2.05, 4.69) is 38.2 Å². The van der Waals surface area contributed by atoms with Crippen LogP contribution in [0.1, 0.15) is 19.4 Å². The first-order valence-electron chi connectivity index (χ1n) is 6.19. The topological polar surface area (TPSA) is 41.3 Å². The van der Waals surface area contributed by atoms with Crippen LogP contribution in [0.5, 0.6) is 0 Å². The highest BCUT2D eigenvalue weighted by molar-refractivity contribution is 7.80. The van der Waals surface area contributed by atoms with E-state index in [1.54, 1.807) is 6.07 Å². The van der Waals surface area contributed by atoms with Crippen molar-refractivity contribution in [2.45, 2.75) is 13.8 Å². The standard InChI is InChI=1S/C14H22ClN3S/c1-14(2,9-18(3)4)8-17-12-6-5-10(15)7-11(12)13(16)19/h5-7,17H,8-9H2,1-4H3,(H2,16,19). The van der Waals surface area contributed by atoms with Crippen LogP contribution in [0.15, 0.2) is 18.2 Å². The van der Waals surface area contributed by atoms with E-state index in [4.69, 9.17) is 29.6 Å². The van der Waals surface area contributed by atoms with E-state index in [-0.39, 0.29) is 5.41 Å². The average molecular weight is 300 g/mol. The first-order chi connectivity index (χ1) is 8.71. The summed E-state index contributed by atoms with van der Waals surface area (Å²) in [7, 11) is 4.15. The molecule has 1 aromatic rings. The molecule has 0 bridgehead atoms. The highest BCUT2D eigenvalue weighted by Gasteiger charge is 2.19. The van der Waals surface area contributed by atoms with Crippen LogP contribution in [0, 0.1) is 5.41 Å². The maximum absolute atomic E-state index is 5.97. The Morgan fingerprint density at radius 2 is 2.05 bits per heavy atom. The van der Waals surface area contributed by atoms with Crippen LogP contribution in [0.2, 0.25) is 5.02 Å². The van der Waals surface area contributed by atoms with Crippen molar-refractivity contribution in [1.82, 2.24) is 4.90 Å². The van der Waals surface area contributed by atoms with Gasteiger partial charge in [0.25, 0.3) is 0 Å². The largest absolute Gasteiger partial charge is 0.389 e. The van der Waals surface area contributed by atoms with E-state index in [1.807, 2.05) is 12.1 Å². The third kappa shape index (κ3) is 5.35. The van der Waals surface area contributed by atoms with Crippen molar-refractivity contribution in [3.8, 4) is 0 Å². The molecule has 19 heavy (non-hydrogen) atoms. The van der Waals surface area contributed by atoms with Gasteiger partial charge in [-0.15, -0.1) is 0 Å². The zero-order valence-electron chi connectivity index (χ0n) is 12.0. The fraction of sp³-hybridized carbons (Fsp3) is 0.500. The molecular formula is C14H22ClN3S. The number of hydrogen-bond acceptors (Lipinski definition) is 3. The fourth-order valence-electron chi connectivity index (χ4n) is 2.12. The fourth-order valence-corrected chi connectivity index (χ4v) is 2.46. The number of nitrogens with one attached hydrogen (secondary N) is 1. The molecule has 1 aromatic carbocycles. The van der Waals surface area contributed by atoms with Gasteiger partial charge in [0.05, 0.1) is 0 Å². The molecule has 3 N–H and O–H groups in total. The number of benzene rings is 1. The van der Waals surface area contributed by atoms with Crippen LogP contribution >= 0.6 is 23.8 Å². The lowest BCUT2D eigenvalue weighted by molar-refractivity contribution is 0.254. The molecule has 0 unspecified atom stereocenters.